The van der Waals surface area contributed by atoms with Gasteiger partial charge < -0.3 is 10.6 Å². The second kappa shape index (κ2) is 5.98. The molecule has 2 N–H and O–H groups in total. The van der Waals surface area contributed by atoms with Crippen LogP contribution in [0.2, 0.25) is 0 Å². The normalized spacial score (nSPS) is 18.6. The topological polar surface area (TPSA) is 41.1 Å². The highest BCUT2D eigenvalue weighted by molar-refractivity contribution is 5.95. The summed E-state index contributed by atoms with van der Waals surface area (Å²) in [7, 11) is 0. The molecule has 0 saturated carbocycles. The number of carbonyl (C=O) groups excluding carboxylic acids is 1. The highest BCUT2D eigenvalue weighted by Crippen LogP contribution is 2.15. The molecule has 0 aliphatic carbocycles. The van der Waals surface area contributed by atoms with E-state index in [1.807, 2.05) is 0 Å². The van der Waals surface area contributed by atoms with E-state index >= 15 is 0 Å². The molecule has 0 radical (unpaired) electrons. The molecule has 1 heterocycles. The van der Waals surface area contributed by atoms with Gasteiger partial charge in [-0.2, -0.15) is 0 Å². The van der Waals surface area contributed by atoms with Gasteiger partial charge in [0.2, 0.25) is 5.91 Å². The van der Waals surface area contributed by atoms with Gasteiger partial charge in [-0.15, -0.1) is 12.4 Å². The van der Waals surface area contributed by atoms with Crippen LogP contribution in [-0.2, 0) is 4.79 Å². The van der Waals surface area contributed by atoms with Gasteiger partial charge in [-0.3, -0.25) is 4.79 Å². The maximum absolute atomic E-state index is 13.1. The number of hydrogen-bond donors (Lipinski definition) is 2. The van der Waals surface area contributed by atoms with E-state index in [1.165, 1.54) is 12.1 Å². The summed E-state index contributed by atoms with van der Waals surface area (Å²) < 4.78 is 13.1. The smallest absolute Gasteiger partial charge is 0.241 e. The van der Waals surface area contributed by atoms with Crippen LogP contribution in [0.15, 0.2) is 18.2 Å². The van der Waals surface area contributed by atoms with E-state index in [0.29, 0.717) is 5.69 Å². The zero-order chi connectivity index (χ0) is 11.5. The molecule has 1 saturated heterocycles. The molecule has 17 heavy (non-hydrogen) atoms. The number of nitrogens with one attached hydrogen (secondary N) is 2. The van der Waals surface area contributed by atoms with Crippen LogP contribution in [0.4, 0.5) is 10.1 Å². The zero-order valence-corrected chi connectivity index (χ0v) is 10.4. The molecule has 0 bridgehead atoms. The monoisotopic (exact) mass is 258 g/mol. The molecule has 0 spiro atoms. The molecule has 1 fully saturated rings. The fraction of sp³-hybridized carbons (Fsp3) is 0.417. The average Bonchev–Trinajstić information content (AvgIpc) is 2.68. The summed E-state index contributed by atoms with van der Waals surface area (Å²) in [6, 6.07) is 4.39. The number of amides is 1. The molecule has 0 unspecified atom stereocenters. The molecule has 2 rings (SSSR count). The van der Waals surface area contributed by atoms with Gasteiger partial charge in [0.1, 0.15) is 5.82 Å². The number of benzene rings is 1. The Morgan fingerprint density at radius 2 is 2.24 bits per heavy atom. The van der Waals surface area contributed by atoms with E-state index in [0.717, 1.165) is 24.9 Å². The van der Waals surface area contributed by atoms with E-state index in [2.05, 4.69) is 10.6 Å². The van der Waals surface area contributed by atoms with Crippen molar-refractivity contribution in [2.45, 2.75) is 25.8 Å². The number of rotatable bonds is 2. The largest absolute Gasteiger partial charge is 0.325 e. The highest BCUT2D eigenvalue weighted by atomic mass is 35.5. The lowest BCUT2D eigenvalue weighted by atomic mass is 10.2. The molecule has 1 amide bonds. The quantitative estimate of drug-likeness (QED) is 0.854. The minimum absolute atomic E-state index is 0. The first-order valence-corrected chi connectivity index (χ1v) is 5.46. The van der Waals surface area contributed by atoms with Crippen molar-refractivity contribution < 1.29 is 9.18 Å². The first-order valence-electron chi connectivity index (χ1n) is 5.46. The maximum Gasteiger partial charge on any atom is 0.241 e. The number of hydrogen-bond acceptors (Lipinski definition) is 2. The highest BCUT2D eigenvalue weighted by Gasteiger charge is 2.21. The lowest BCUT2D eigenvalue weighted by Gasteiger charge is -2.11. The van der Waals surface area contributed by atoms with Crippen molar-refractivity contribution in [1.82, 2.24) is 5.32 Å². The summed E-state index contributed by atoms with van der Waals surface area (Å²) in [6.45, 7) is 2.67. The second-order valence-electron chi connectivity index (χ2n) is 4.16. The Hall–Kier alpha value is -1.13. The first kappa shape index (κ1) is 13.9. The van der Waals surface area contributed by atoms with E-state index in [-0.39, 0.29) is 30.2 Å². The van der Waals surface area contributed by atoms with Crippen LogP contribution in [0.25, 0.3) is 0 Å². The summed E-state index contributed by atoms with van der Waals surface area (Å²) in [5.74, 6) is -0.405. The third-order valence-electron chi connectivity index (χ3n) is 2.69. The zero-order valence-electron chi connectivity index (χ0n) is 9.63. The predicted octanol–water partition coefficient (Wildman–Crippen LogP) is 2.25. The fourth-order valence-corrected chi connectivity index (χ4v) is 1.95. The van der Waals surface area contributed by atoms with Crippen molar-refractivity contribution in [3.05, 3.63) is 29.6 Å². The summed E-state index contributed by atoms with van der Waals surface area (Å²) in [6.07, 6.45) is 1.86. The second-order valence-corrected chi connectivity index (χ2v) is 4.16. The third kappa shape index (κ3) is 3.68. The van der Waals surface area contributed by atoms with Crippen molar-refractivity contribution in [3.63, 3.8) is 0 Å². The van der Waals surface area contributed by atoms with Gasteiger partial charge in [0.05, 0.1) is 6.04 Å². The lowest BCUT2D eigenvalue weighted by Crippen LogP contribution is -2.35. The van der Waals surface area contributed by atoms with Gasteiger partial charge in [-0.25, -0.2) is 4.39 Å². The van der Waals surface area contributed by atoms with Crippen LogP contribution in [0, 0.1) is 12.7 Å². The maximum atomic E-state index is 13.1. The molecule has 3 nitrogen and oxygen atoms in total. The summed E-state index contributed by atoms with van der Waals surface area (Å²) in [4.78, 5) is 11.7. The predicted molar refractivity (Wildman–Crippen MR) is 68.0 cm³/mol. The van der Waals surface area contributed by atoms with Gasteiger partial charge in [-0.1, -0.05) is 0 Å². The molecule has 1 aliphatic rings. The standard InChI is InChI=1S/C12H15FN2O.ClH/c1-8-5-9(13)7-10(6-8)15-12(16)11-3-2-4-14-11;/h5-7,11,14H,2-4H2,1H3,(H,15,16);1H/t11-;/m0./s1. The SMILES string of the molecule is Cc1cc(F)cc(NC(=O)[C@@H]2CCCN2)c1.Cl. The van der Waals surface area contributed by atoms with Crippen molar-refractivity contribution in [2.24, 2.45) is 0 Å². The number of carbonyl (C=O) groups is 1. The van der Waals surface area contributed by atoms with Crippen LogP contribution in [0.3, 0.4) is 0 Å². The Morgan fingerprint density at radius 3 is 2.82 bits per heavy atom. The molecule has 94 valence electrons. The van der Waals surface area contributed by atoms with Crippen molar-refractivity contribution in [2.75, 3.05) is 11.9 Å². The van der Waals surface area contributed by atoms with Crippen molar-refractivity contribution in [3.8, 4) is 0 Å². The molecule has 1 aromatic carbocycles. The van der Waals surface area contributed by atoms with Crippen LogP contribution < -0.4 is 10.6 Å². The molecule has 1 aliphatic heterocycles. The molecule has 1 aromatic rings. The minimum atomic E-state index is -0.324. The van der Waals surface area contributed by atoms with Crippen LogP contribution >= 0.6 is 12.4 Å². The van der Waals surface area contributed by atoms with E-state index in [9.17, 15) is 9.18 Å². The molecule has 5 heteroatoms. The van der Waals surface area contributed by atoms with Gasteiger partial charge in [0.25, 0.3) is 0 Å². The molecule has 0 aromatic heterocycles. The van der Waals surface area contributed by atoms with Gasteiger partial charge in [0.15, 0.2) is 0 Å². The Morgan fingerprint density at radius 1 is 1.47 bits per heavy atom. The lowest BCUT2D eigenvalue weighted by molar-refractivity contribution is -0.117. The van der Waals surface area contributed by atoms with Crippen molar-refractivity contribution >= 4 is 24.0 Å². The summed E-state index contributed by atoms with van der Waals surface area (Å²) in [5.41, 5.74) is 1.32. The number of anilines is 1. The first-order chi connectivity index (χ1) is 7.65. The average molecular weight is 259 g/mol. The Bertz CT molecular complexity index is 385. The summed E-state index contributed by atoms with van der Waals surface area (Å²) in [5, 5.41) is 5.82. The van der Waals surface area contributed by atoms with Crippen LogP contribution in [0.5, 0.6) is 0 Å². The van der Waals surface area contributed by atoms with Gasteiger partial charge >= 0.3 is 0 Å². The Balaban J connectivity index is 0.00000144. The van der Waals surface area contributed by atoms with Crippen molar-refractivity contribution in [1.29, 1.82) is 0 Å². The molecular formula is C12H16ClFN2O. The minimum Gasteiger partial charge on any atom is -0.325 e. The van der Waals surface area contributed by atoms with Gasteiger partial charge in [0, 0.05) is 5.69 Å². The summed E-state index contributed by atoms with van der Waals surface area (Å²) >= 11 is 0. The van der Waals surface area contributed by atoms with E-state index in [4.69, 9.17) is 0 Å². The Labute approximate surface area is 106 Å². The Kier molecular flexibility index (Phi) is 4.90. The number of aryl methyl sites for hydroxylation is 1. The molecular weight excluding hydrogens is 243 g/mol. The van der Waals surface area contributed by atoms with Crippen LogP contribution in [-0.4, -0.2) is 18.5 Å². The number of halogens is 2. The van der Waals surface area contributed by atoms with Gasteiger partial charge in [-0.05, 0) is 50.1 Å². The van der Waals surface area contributed by atoms with Crippen LogP contribution in [0.1, 0.15) is 18.4 Å². The fourth-order valence-electron chi connectivity index (χ4n) is 1.95. The van der Waals surface area contributed by atoms with E-state index in [1.54, 1.807) is 13.0 Å². The third-order valence-corrected chi connectivity index (χ3v) is 2.69. The molecule has 1 atom stereocenters. The van der Waals surface area contributed by atoms with E-state index < -0.39 is 0 Å².